The van der Waals surface area contributed by atoms with Crippen molar-refractivity contribution in [2.75, 3.05) is 26.2 Å². The maximum atomic E-state index is 13.1. The summed E-state index contributed by atoms with van der Waals surface area (Å²) in [6, 6.07) is 12.1. The molecule has 2 aromatic rings. The zero-order valence-corrected chi connectivity index (χ0v) is 17.3. The molecule has 1 fully saturated rings. The van der Waals surface area contributed by atoms with Gasteiger partial charge in [-0.3, -0.25) is 9.69 Å². The highest BCUT2D eigenvalue weighted by molar-refractivity contribution is 7.14. The van der Waals surface area contributed by atoms with Gasteiger partial charge in [-0.05, 0) is 60.9 Å². The molecule has 4 nitrogen and oxygen atoms in total. The summed E-state index contributed by atoms with van der Waals surface area (Å²) < 4.78 is 0. The van der Waals surface area contributed by atoms with Crippen LogP contribution >= 0.6 is 11.3 Å². The second-order valence-electron chi connectivity index (χ2n) is 8.14. The van der Waals surface area contributed by atoms with Gasteiger partial charge in [0.15, 0.2) is 0 Å². The van der Waals surface area contributed by atoms with Gasteiger partial charge in [-0.25, -0.2) is 0 Å². The summed E-state index contributed by atoms with van der Waals surface area (Å²) in [4.78, 5) is 19.9. The molecule has 1 saturated heterocycles. The van der Waals surface area contributed by atoms with E-state index in [4.69, 9.17) is 5.26 Å². The van der Waals surface area contributed by atoms with Gasteiger partial charge in [0.1, 0.15) is 0 Å². The molecule has 1 aliphatic carbocycles. The van der Waals surface area contributed by atoms with E-state index < -0.39 is 0 Å². The van der Waals surface area contributed by atoms with Crippen molar-refractivity contribution in [1.82, 2.24) is 9.80 Å². The molecule has 1 aromatic carbocycles. The highest BCUT2D eigenvalue weighted by Gasteiger charge is 2.25. The van der Waals surface area contributed by atoms with Gasteiger partial charge in [0, 0.05) is 37.6 Å². The molecular weight excluding hydrogens is 366 g/mol. The minimum Gasteiger partial charge on any atom is -0.337 e. The molecule has 1 atom stereocenters. The fourth-order valence-corrected chi connectivity index (χ4v) is 5.42. The predicted molar refractivity (Wildman–Crippen MR) is 112 cm³/mol. The van der Waals surface area contributed by atoms with E-state index >= 15 is 0 Å². The van der Waals surface area contributed by atoms with Crippen molar-refractivity contribution < 1.29 is 4.79 Å². The van der Waals surface area contributed by atoms with Crippen LogP contribution in [0.1, 0.15) is 51.0 Å². The topological polar surface area (TPSA) is 47.3 Å². The number of hydrogen-bond acceptors (Lipinski definition) is 4. The normalized spacial score (nSPS) is 20.3. The van der Waals surface area contributed by atoms with Crippen LogP contribution in [0, 0.1) is 17.2 Å². The summed E-state index contributed by atoms with van der Waals surface area (Å²) in [6.45, 7) is 6.70. The third-order valence-corrected chi connectivity index (χ3v) is 7.13. The largest absolute Gasteiger partial charge is 0.337 e. The lowest BCUT2D eigenvalue weighted by molar-refractivity contribution is 0.0766. The van der Waals surface area contributed by atoms with Gasteiger partial charge in [0.05, 0.1) is 16.5 Å². The first-order valence-electron chi connectivity index (χ1n) is 10.2. The fraction of sp³-hybridized carbons (Fsp3) is 0.478. The fourth-order valence-electron chi connectivity index (χ4n) is 4.24. The van der Waals surface area contributed by atoms with Crippen molar-refractivity contribution in [2.24, 2.45) is 5.92 Å². The quantitative estimate of drug-likeness (QED) is 0.789. The Labute approximate surface area is 171 Å². The average Bonchev–Trinajstić information content (AvgIpc) is 2.99. The lowest BCUT2D eigenvalue weighted by Crippen LogP contribution is -2.34. The van der Waals surface area contributed by atoms with Gasteiger partial charge in [-0.2, -0.15) is 5.26 Å². The second-order valence-corrected chi connectivity index (χ2v) is 9.27. The maximum absolute atomic E-state index is 13.1. The number of nitrogens with zero attached hydrogens (tertiary/aromatic N) is 3. The van der Waals surface area contributed by atoms with E-state index in [1.165, 1.54) is 22.4 Å². The molecule has 5 heteroatoms. The summed E-state index contributed by atoms with van der Waals surface area (Å²) in [7, 11) is 0. The molecule has 0 bridgehead atoms. The first kappa shape index (κ1) is 19.2. The molecular formula is C23H27N3OS. The SMILES string of the molecule is C[C@H]1CCc2sc(C(=O)N3CCCN(Cc4ccc(C#N)cc4)CC3)cc2C1. The third kappa shape index (κ3) is 4.29. The zero-order chi connectivity index (χ0) is 19.5. The number of thiophene rings is 1. The van der Waals surface area contributed by atoms with Crippen LogP contribution in [0.2, 0.25) is 0 Å². The molecule has 4 rings (SSSR count). The number of carbonyl (C=O) groups excluding carboxylic acids is 1. The van der Waals surface area contributed by atoms with Crippen molar-refractivity contribution in [1.29, 1.82) is 5.26 Å². The van der Waals surface area contributed by atoms with Crippen molar-refractivity contribution in [2.45, 2.75) is 39.2 Å². The summed E-state index contributed by atoms with van der Waals surface area (Å²) in [5, 5.41) is 8.93. The van der Waals surface area contributed by atoms with Crippen molar-refractivity contribution in [3.8, 4) is 6.07 Å². The Bertz CT molecular complexity index is 880. The average molecular weight is 394 g/mol. The number of rotatable bonds is 3. The van der Waals surface area contributed by atoms with Crippen molar-refractivity contribution in [3.05, 3.63) is 56.8 Å². The molecule has 1 aliphatic heterocycles. The van der Waals surface area contributed by atoms with E-state index in [1.54, 1.807) is 11.3 Å². The number of benzene rings is 1. The molecule has 0 saturated carbocycles. The van der Waals surface area contributed by atoms with Crippen LogP contribution in [-0.2, 0) is 19.4 Å². The zero-order valence-electron chi connectivity index (χ0n) is 16.5. The monoisotopic (exact) mass is 393 g/mol. The van der Waals surface area contributed by atoms with Crippen LogP contribution in [0.15, 0.2) is 30.3 Å². The molecule has 1 aromatic heterocycles. The third-order valence-electron chi connectivity index (χ3n) is 5.90. The van der Waals surface area contributed by atoms with E-state index in [9.17, 15) is 4.79 Å². The lowest BCUT2D eigenvalue weighted by Gasteiger charge is -2.21. The van der Waals surface area contributed by atoms with E-state index in [0.29, 0.717) is 5.56 Å². The Morgan fingerprint density at radius 1 is 1.21 bits per heavy atom. The minimum atomic E-state index is 0.215. The Balaban J connectivity index is 1.37. The predicted octanol–water partition coefficient (Wildman–Crippen LogP) is 4.09. The molecule has 0 spiro atoms. The second kappa shape index (κ2) is 8.46. The van der Waals surface area contributed by atoms with Gasteiger partial charge in [0.25, 0.3) is 5.91 Å². The molecule has 0 radical (unpaired) electrons. The summed E-state index contributed by atoms with van der Waals surface area (Å²) >= 11 is 1.72. The molecule has 146 valence electrons. The number of nitriles is 1. The van der Waals surface area contributed by atoms with Crippen LogP contribution < -0.4 is 0 Å². The van der Waals surface area contributed by atoms with Crippen molar-refractivity contribution in [3.63, 3.8) is 0 Å². The standard InChI is InChI=1S/C23H27N3OS/c1-17-3-8-21-20(13-17)14-22(28-21)23(27)26-10-2-9-25(11-12-26)16-19-6-4-18(15-24)5-7-19/h4-7,14,17H,2-3,8-13,16H2,1H3/t17-/m0/s1. The molecule has 2 aliphatic rings. The smallest absolute Gasteiger partial charge is 0.263 e. The van der Waals surface area contributed by atoms with Gasteiger partial charge >= 0.3 is 0 Å². The Hall–Kier alpha value is -2.16. The van der Waals surface area contributed by atoms with E-state index in [2.05, 4.69) is 24.0 Å². The van der Waals surface area contributed by atoms with Crippen LogP contribution in [0.25, 0.3) is 0 Å². The molecule has 1 amide bonds. The number of amides is 1. The lowest BCUT2D eigenvalue weighted by atomic mass is 9.90. The number of carbonyl (C=O) groups is 1. The van der Waals surface area contributed by atoms with Crippen LogP contribution in [0.5, 0.6) is 0 Å². The number of aryl methyl sites for hydroxylation is 1. The summed E-state index contributed by atoms with van der Waals surface area (Å²) in [5.41, 5.74) is 3.33. The Morgan fingerprint density at radius 3 is 2.82 bits per heavy atom. The van der Waals surface area contributed by atoms with Crippen LogP contribution in [0.4, 0.5) is 0 Å². The summed E-state index contributed by atoms with van der Waals surface area (Å²) in [5.74, 6) is 0.950. The molecule has 0 unspecified atom stereocenters. The van der Waals surface area contributed by atoms with Crippen molar-refractivity contribution >= 4 is 17.2 Å². The molecule has 28 heavy (non-hydrogen) atoms. The van der Waals surface area contributed by atoms with Gasteiger partial charge in [-0.1, -0.05) is 19.1 Å². The Morgan fingerprint density at radius 2 is 2.04 bits per heavy atom. The van der Waals surface area contributed by atoms with Crippen LogP contribution in [-0.4, -0.2) is 41.9 Å². The van der Waals surface area contributed by atoms with E-state index in [0.717, 1.165) is 62.8 Å². The first-order valence-corrected chi connectivity index (χ1v) is 11.1. The molecule has 0 N–H and O–H groups in total. The van der Waals surface area contributed by atoms with Gasteiger partial charge in [0.2, 0.25) is 0 Å². The highest BCUT2D eigenvalue weighted by atomic mass is 32.1. The first-order chi connectivity index (χ1) is 13.6. The number of hydrogen-bond donors (Lipinski definition) is 0. The number of fused-ring (bicyclic) bond motifs is 1. The minimum absolute atomic E-state index is 0.215. The molecule has 2 heterocycles. The van der Waals surface area contributed by atoms with Gasteiger partial charge < -0.3 is 4.90 Å². The van der Waals surface area contributed by atoms with E-state index in [1.807, 2.05) is 29.2 Å². The highest BCUT2D eigenvalue weighted by Crippen LogP contribution is 2.32. The van der Waals surface area contributed by atoms with Gasteiger partial charge in [-0.15, -0.1) is 11.3 Å². The maximum Gasteiger partial charge on any atom is 0.263 e. The Kier molecular flexibility index (Phi) is 5.79. The van der Waals surface area contributed by atoms with Crippen LogP contribution in [0.3, 0.4) is 0 Å². The summed E-state index contributed by atoms with van der Waals surface area (Å²) in [6.07, 6.45) is 4.50. The van der Waals surface area contributed by atoms with E-state index in [-0.39, 0.29) is 5.91 Å².